The van der Waals surface area contributed by atoms with Gasteiger partial charge in [-0.2, -0.15) is 0 Å². The molecular weight excluding hydrogens is 310 g/mol. The highest BCUT2D eigenvalue weighted by Gasteiger charge is 2.31. The van der Waals surface area contributed by atoms with Crippen molar-refractivity contribution in [3.63, 3.8) is 0 Å². The predicted octanol–water partition coefficient (Wildman–Crippen LogP) is 1.57. The lowest BCUT2D eigenvalue weighted by Gasteiger charge is -2.47. The smallest absolute Gasteiger partial charge is 0.191 e. The minimum Gasteiger partial charge on any atom is -0.355 e. The largest absolute Gasteiger partial charge is 0.355 e. The quantitative estimate of drug-likeness (QED) is 0.647. The number of halogens is 1. The molecule has 1 aromatic carbocycles. The van der Waals surface area contributed by atoms with E-state index in [2.05, 4.69) is 38.4 Å². The van der Waals surface area contributed by atoms with E-state index in [9.17, 15) is 0 Å². The van der Waals surface area contributed by atoms with Crippen molar-refractivity contribution in [2.45, 2.75) is 19.0 Å². The molecule has 126 valence electrons. The van der Waals surface area contributed by atoms with Crippen LogP contribution in [0.4, 0.5) is 0 Å². The van der Waals surface area contributed by atoms with Crippen molar-refractivity contribution in [1.29, 1.82) is 0 Å². The number of piperazine rings is 3. The Bertz CT molecular complexity index is 554. The maximum absolute atomic E-state index is 6.07. The molecular formula is C17H26ClN5. The molecule has 3 heterocycles. The Morgan fingerprint density at radius 2 is 2.13 bits per heavy atom. The highest BCUT2D eigenvalue weighted by molar-refractivity contribution is 6.30. The minimum atomic E-state index is 0.159. The fourth-order valence-corrected chi connectivity index (χ4v) is 3.59. The van der Waals surface area contributed by atoms with Gasteiger partial charge in [-0.05, 0) is 24.6 Å². The Morgan fingerprint density at radius 3 is 2.74 bits per heavy atom. The number of rotatable bonds is 4. The molecule has 23 heavy (non-hydrogen) atoms. The molecule has 0 aliphatic carbocycles. The lowest BCUT2D eigenvalue weighted by molar-refractivity contribution is 0.0154. The SMILES string of the molecule is CN=C(NCC1CN2CCN1CC2)NC(C)c1cccc(Cl)c1. The van der Waals surface area contributed by atoms with Crippen molar-refractivity contribution in [2.24, 2.45) is 4.99 Å². The van der Waals surface area contributed by atoms with Crippen LogP contribution in [-0.4, -0.2) is 68.1 Å². The number of fused-ring (bicyclic) bond motifs is 3. The summed E-state index contributed by atoms with van der Waals surface area (Å²) in [6, 6.07) is 8.69. The predicted molar refractivity (Wildman–Crippen MR) is 96.2 cm³/mol. The van der Waals surface area contributed by atoms with Gasteiger partial charge in [0.1, 0.15) is 0 Å². The standard InChI is InChI=1S/C17H26ClN5/c1-13(14-4-3-5-15(18)10-14)21-17(19-2)20-11-16-12-22-6-8-23(16)9-7-22/h3-5,10,13,16H,6-9,11-12H2,1-2H3,(H2,19,20,21). The molecule has 0 spiro atoms. The van der Waals surface area contributed by atoms with Gasteiger partial charge in [0.25, 0.3) is 0 Å². The van der Waals surface area contributed by atoms with Crippen LogP contribution < -0.4 is 10.6 Å². The van der Waals surface area contributed by atoms with Gasteiger partial charge in [-0.1, -0.05) is 23.7 Å². The first kappa shape index (κ1) is 16.6. The molecule has 0 aromatic heterocycles. The Hall–Kier alpha value is -1.30. The molecule has 2 atom stereocenters. The van der Waals surface area contributed by atoms with Crippen LogP contribution in [0.25, 0.3) is 0 Å². The van der Waals surface area contributed by atoms with E-state index < -0.39 is 0 Å². The molecule has 6 heteroatoms. The summed E-state index contributed by atoms with van der Waals surface area (Å²) in [4.78, 5) is 9.49. The van der Waals surface area contributed by atoms with Gasteiger partial charge in [-0.25, -0.2) is 0 Å². The topological polar surface area (TPSA) is 42.9 Å². The van der Waals surface area contributed by atoms with Gasteiger partial charge in [0.2, 0.25) is 0 Å². The zero-order valence-corrected chi connectivity index (χ0v) is 14.7. The van der Waals surface area contributed by atoms with Gasteiger partial charge >= 0.3 is 0 Å². The fraction of sp³-hybridized carbons (Fsp3) is 0.588. The van der Waals surface area contributed by atoms with E-state index in [0.717, 1.165) is 29.6 Å². The lowest BCUT2D eigenvalue weighted by atomic mass is 10.1. The van der Waals surface area contributed by atoms with Crippen molar-refractivity contribution < 1.29 is 0 Å². The molecule has 5 nitrogen and oxygen atoms in total. The third-order valence-electron chi connectivity index (χ3n) is 4.82. The molecule has 0 amide bonds. The summed E-state index contributed by atoms with van der Waals surface area (Å²) in [6.45, 7) is 9.03. The van der Waals surface area contributed by atoms with Crippen molar-refractivity contribution in [2.75, 3.05) is 46.3 Å². The summed E-state index contributed by atoms with van der Waals surface area (Å²) in [5.74, 6) is 0.843. The molecule has 3 fully saturated rings. The van der Waals surface area contributed by atoms with Crippen LogP contribution in [0.3, 0.4) is 0 Å². The zero-order valence-electron chi connectivity index (χ0n) is 13.9. The molecule has 1 aromatic rings. The van der Waals surface area contributed by atoms with Gasteiger partial charge in [-0.15, -0.1) is 0 Å². The Kier molecular flexibility index (Phi) is 5.41. The summed E-state index contributed by atoms with van der Waals surface area (Å²) in [5, 5.41) is 7.68. The molecule has 0 radical (unpaired) electrons. The molecule has 3 aliphatic heterocycles. The van der Waals surface area contributed by atoms with Gasteiger partial charge in [0.15, 0.2) is 5.96 Å². The van der Waals surface area contributed by atoms with E-state index in [1.165, 1.54) is 26.2 Å². The Labute approximate surface area is 143 Å². The van der Waals surface area contributed by atoms with Gasteiger partial charge in [0, 0.05) is 57.4 Å². The highest BCUT2D eigenvalue weighted by Crippen LogP contribution is 2.17. The first-order valence-electron chi connectivity index (χ1n) is 8.35. The van der Waals surface area contributed by atoms with Crippen molar-refractivity contribution in [1.82, 2.24) is 20.4 Å². The van der Waals surface area contributed by atoms with Crippen LogP contribution in [0.1, 0.15) is 18.5 Å². The summed E-state index contributed by atoms with van der Waals surface area (Å²) in [7, 11) is 1.82. The molecule has 2 N–H and O–H groups in total. The van der Waals surface area contributed by atoms with E-state index in [1.54, 1.807) is 0 Å². The van der Waals surface area contributed by atoms with E-state index >= 15 is 0 Å². The van der Waals surface area contributed by atoms with E-state index in [1.807, 2.05) is 25.2 Å². The maximum Gasteiger partial charge on any atom is 0.191 e. The normalized spacial score (nSPS) is 28.5. The molecule has 3 aliphatic rings. The van der Waals surface area contributed by atoms with E-state index in [4.69, 9.17) is 11.6 Å². The summed E-state index contributed by atoms with van der Waals surface area (Å²) in [6.07, 6.45) is 0. The molecule has 4 rings (SSSR count). The van der Waals surface area contributed by atoms with Gasteiger partial charge in [0.05, 0.1) is 6.04 Å². The van der Waals surface area contributed by atoms with E-state index in [0.29, 0.717) is 6.04 Å². The third kappa shape index (κ3) is 4.16. The van der Waals surface area contributed by atoms with Crippen LogP contribution in [0, 0.1) is 0 Å². The number of hydrogen-bond donors (Lipinski definition) is 2. The Balaban J connectivity index is 1.52. The number of aliphatic imine (C=N–C) groups is 1. The average molecular weight is 336 g/mol. The van der Waals surface area contributed by atoms with Crippen molar-refractivity contribution in [3.05, 3.63) is 34.9 Å². The minimum absolute atomic E-state index is 0.159. The first-order valence-corrected chi connectivity index (χ1v) is 8.72. The van der Waals surface area contributed by atoms with Crippen LogP contribution in [0.5, 0.6) is 0 Å². The van der Waals surface area contributed by atoms with Crippen LogP contribution in [0.15, 0.2) is 29.3 Å². The summed E-state index contributed by atoms with van der Waals surface area (Å²) >= 11 is 6.07. The van der Waals surface area contributed by atoms with Crippen LogP contribution >= 0.6 is 11.6 Å². The summed E-state index contributed by atoms with van der Waals surface area (Å²) < 4.78 is 0. The number of benzene rings is 1. The second-order valence-electron chi connectivity index (χ2n) is 6.36. The lowest BCUT2D eigenvalue weighted by Crippen LogP contribution is -2.63. The maximum atomic E-state index is 6.07. The van der Waals surface area contributed by atoms with Gasteiger partial charge in [-0.3, -0.25) is 14.8 Å². The molecule has 2 bridgehead atoms. The third-order valence-corrected chi connectivity index (χ3v) is 5.06. The van der Waals surface area contributed by atoms with Crippen molar-refractivity contribution in [3.8, 4) is 0 Å². The number of guanidine groups is 1. The molecule has 2 unspecified atom stereocenters. The highest BCUT2D eigenvalue weighted by atomic mass is 35.5. The monoisotopic (exact) mass is 335 g/mol. The van der Waals surface area contributed by atoms with Crippen LogP contribution in [0.2, 0.25) is 5.02 Å². The molecule has 0 saturated carbocycles. The number of nitrogens with zero attached hydrogens (tertiary/aromatic N) is 3. The van der Waals surface area contributed by atoms with E-state index in [-0.39, 0.29) is 6.04 Å². The van der Waals surface area contributed by atoms with Gasteiger partial charge < -0.3 is 10.6 Å². The fourth-order valence-electron chi connectivity index (χ4n) is 3.39. The number of hydrogen-bond acceptors (Lipinski definition) is 3. The number of nitrogens with one attached hydrogen (secondary N) is 2. The summed E-state index contributed by atoms with van der Waals surface area (Å²) in [5.41, 5.74) is 1.16. The van der Waals surface area contributed by atoms with Crippen LogP contribution in [-0.2, 0) is 0 Å². The van der Waals surface area contributed by atoms with Crippen molar-refractivity contribution >= 4 is 17.6 Å². The zero-order chi connectivity index (χ0) is 16.2. The molecule has 3 saturated heterocycles. The second-order valence-corrected chi connectivity index (χ2v) is 6.80. The Morgan fingerprint density at radius 1 is 1.35 bits per heavy atom. The second kappa shape index (κ2) is 7.51. The average Bonchev–Trinajstić information content (AvgIpc) is 2.59. The first-order chi connectivity index (χ1) is 11.2.